The van der Waals surface area contributed by atoms with Crippen LogP contribution in [0.3, 0.4) is 0 Å². The first kappa shape index (κ1) is 32.4. The van der Waals surface area contributed by atoms with E-state index in [0.717, 1.165) is 4.48 Å². The van der Waals surface area contributed by atoms with E-state index in [4.69, 9.17) is 58.0 Å². The van der Waals surface area contributed by atoms with Gasteiger partial charge in [-0.15, -0.1) is 0 Å². The van der Waals surface area contributed by atoms with Crippen molar-refractivity contribution >= 4 is 58.0 Å². The largest absolute Gasteiger partial charge is 0.505 e. The summed E-state index contributed by atoms with van der Waals surface area (Å²) in [6.45, 7) is 3.63. The van der Waals surface area contributed by atoms with E-state index in [2.05, 4.69) is 28.1 Å². The van der Waals surface area contributed by atoms with Crippen LogP contribution in [-0.2, 0) is 0 Å². The number of phenols is 1. The van der Waals surface area contributed by atoms with E-state index in [1.807, 2.05) is 0 Å². The summed E-state index contributed by atoms with van der Waals surface area (Å²) in [5.74, 6) is -0.363. The molecule has 1 rings (SSSR count). The van der Waals surface area contributed by atoms with Gasteiger partial charge in [0.2, 0.25) is 0 Å². The van der Waals surface area contributed by atoms with Crippen molar-refractivity contribution in [2.75, 3.05) is 27.7 Å². The lowest BCUT2D eigenvalue weighted by Gasteiger charge is -2.23. The van der Waals surface area contributed by atoms with Crippen molar-refractivity contribution in [1.29, 1.82) is 0 Å². The Balaban J connectivity index is 0.000000677. The SMILES string of the molecule is CCCCCCCCCCCCCCCC[N+](C)(C)C.Oc1c(Cl)c(Cl)c(Cl)c(Cl)c1Cl. The average Bonchev–Trinajstić information content (AvgIpc) is 2.75. The molecule has 0 saturated heterocycles. The summed E-state index contributed by atoms with van der Waals surface area (Å²) in [7, 11) is 6.88. The highest BCUT2D eigenvalue weighted by Gasteiger charge is 2.18. The second kappa shape index (κ2) is 18.7. The second-order valence-electron chi connectivity index (χ2n) is 9.53. The molecule has 0 unspecified atom stereocenters. The molecule has 2 nitrogen and oxygen atoms in total. The van der Waals surface area contributed by atoms with Gasteiger partial charge < -0.3 is 9.59 Å². The van der Waals surface area contributed by atoms with Crippen LogP contribution in [0.5, 0.6) is 5.75 Å². The molecule has 188 valence electrons. The summed E-state index contributed by atoms with van der Waals surface area (Å²) in [5, 5.41) is 9.01. The first-order valence-electron chi connectivity index (χ1n) is 12.0. The van der Waals surface area contributed by atoms with Crippen LogP contribution in [0.2, 0.25) is 25.1 Å². The molecule has 1 N–H and O–H groups in total. The minimum atomic E-state index is -0.363. The third-order valence-corrected chi connectivity index (χ3v) is 7.63. The molecule has 1 aromatic carbocycles. The van der Waals surface area contributed by atoms with E-state index in [9.17, 15) is 5.11 Å². The number of benzene rings is 1. The normalized spacial score (nSPS) is 11.4. The Kier molecular flexibility index (Phi) is 19.0. The molecule has 0 aliphatic rings. The zero-order valence-electron chi connectivity index (χ0n) is 20.4. The van der Waals surface area contributed by atoms with Crippen molar-refractivity contribution < 1.29 is 9.59 Å². The minimum absolute atomic E-state index is 0.00904. The van der Waals surface area contributed by atoms with Gasteiger partial charge in [-0.05, 0) is 12.8 Å². The highest BCUT2D eigenvalue weighted by atomic mass is 35.5. The smallest absolute Gasteiger partial charge is 0.155 e. The highest BCUT2D eigenvalue weighted by molar-refractivity contribution is 6.55. The van der Waals surface area contributed by atoms with Gasteiger partial charge in [-0.2, -0.15) is 0 Å². The molecule has 0 amide bonds. The fourth-order valence-electron chi connectivity index (χ4n) is 3.37. The molecule has 0 heterocycles. The van der Waals surface area contributed by atoms with Gasteiger partial charge in [-0.1, -0.05) is 142 Å². The van der Waals surface area contributed by atoms with E-state index in [0.29, 0.717) is 0 Å². The summed E-state index contributed by atoms with van der Waals surface area (Å²) in [5.41, 5.74) is 0. The van der Waals surface area contributed by atoms with Gasteiger partial charge in [0.05, 0.1) is 42.8 Å². The van der Waals surface area contributed by atoms with Crippen LogP contribution in [0.4, 0.5) is 0 Å². The number of aromatic hydroxyl groups is 1. The highest BCUT2D eigenvalue weighted by Crippen LogP contribution is 2.47. The predicted octanol–water partition coefficient (Wildman–Crippen LogP) is 10.8. The van der Waals surface area contributed by atoms with Crippen molar-refractivity contribution in [3.8, 4) is 5.75 Å². The van der Waals surface area contributed by atoms with Gasteiger partial charge in [0.1, 0.15) is 10.0 Å². The number of nitrogens with zero attached hydrogens (tertiary/aromatic N) is 1. The zero-order chi connectivity index (χ0) is 24.6. The molecule has 0 saturated carbocycles. The summed E-state index contributed by atoms with van der Waals surface area (Å²) in [6, 6.07) is 0. The maximum atomic E-state index is 9.20. The molecule has 0 bridgehead atoms. The molecule has 0 aromatic heterocycles. The van der Waals surface area contributed by atoms with Gasteiger partial charge >= 0.3 is 0 Å². The van der Waals surface area contributed by atoms with Crippen molar-refractivity contribution in [2.45, 2.75) is 96.8 Å². The van der Waals surface area contributed by atoms with Gasteiger partial charge in [0.15, 0.2) is 5.75 Å². The monoisotopic (exact) mass is 548 g/mol. The van der Waals surface area contributed by atoms with Crippen molar-refractivity contribution in [2.24, 2.45) is 0 Å². The molecule has 32 heavy (non-hydrogen) atoms. The molecule has 0 spiro atoms. The summed E-state index contributed by atoms with van der Waals surface area (Å²) >= 11 is 27.9. The zero-order valence-corrected chi connectivity index (χ0v) is 24.2. The molecule has 0 fully saturated rings. The van der Waals surface area contributed by atoms with Crippen LogP contribution in [0.25, 0.3) is 0 Å². The molecular formula is C25H43Cl5NO+. The molecule has 0 atom stereocenters. The van der Waals surface area contributed by atoms with Crippen LogP contribution in [0.15, 0.2) is 0 Å². The minimum Gasteiger partial charge on any atom is -0.505 e. The van der Waals surface area contributed by atoms with Gasteiger partial charge in [-0.25, -0.2) is 0 Å². The van der Waals surface area contributed by atoms with Gasteiger partial charge in [0, 0.05) is 0 Å². The van der Waals surface area contributed by atoms with Crippen LogP contribution in [-0.4, -0.2) is 37.3 Å². The van der Waals surface area contributed by atoms with Crippen LogP contribution < -0.4 is 0 Å². The second-order valence-corrected chi connectivity index (χ2v) is 11.4. The average molecular weight is 551 g/mol. The number of hydrogen-bond donors (Lipinski definition) is 1. The van der Waals surface area contributed by atoms with Crippen LogP contribution in [0.1, 0.15) is 96.8 Å². The Bertz CT molecular complexity index is 527. The maximum absolute atomic E-state index is 9.20. The quantitative estimate of drug-likeness (QED) is 0.0996. The maximum Gasteiger partial charge on any atom is 0.155 e. The Morgan fingerprint density at radius 1 is 0.500 bits per heavy atom. The van der Waals surface area contributed by atoms with E-state index in [-0.39, 0.29) is 30.9 Å². The number of phenolic OH excluding ortho intramolecular Hbond substituents is 1. The standard InChI is InChI=1S/C19H42N.C6HCl5O/c1-5-6-7-8-9-10-11-12-13-14-15-16-17-18-19-20(2,3)4;7-1-2(8)4(10)6(12)5(11)3(1)9/h5-19H2,1-4H3;12H/q+1;. The molecule has 7 heteroatoms. The lowest BCUT2D eigenvalue weighted by molar-refractivity contribution is -0.870. The third kappa shape index (κ3) is 15.4. The van der Waals surface area contributed by atoms with Crippen molar-refractivity contribution in [3.63, 3.8) is 0 Å². The van der Waals surface area contributed by atoms with Gasteiger partial charge in [0.25, 0.3) is 0 Å². The first-order chi connectivity index (χ1) is 15.0. The van der Waals surface area contributed by atoms with Crippen molar-refractivity contribution in [1.82, 2.24) is 0 Å². The number of hydrogen-bond acceptors (Lipinski definition) is 1. The Labute approximate surface area is 222 Å². The predicted molar refractivity (Wildman–Crippen MR) is 146 cm³/mol. The number of rotatable bonds is 15. The lowest BCUT2D eigenvalue weighted by Crippen LogP contribution is -2.35. The van der Waals surface area contributed by atoms with Crippen molar-refractivity contribution in [3.05, 3.63) is 25.1 Å². The molecule has 0 aliphatic heterocycles. The van der Waals surface area contributed by atoms with E-state index in [1.165, 1.54) is 96.4 Å². The van der Waals surface area contributed by atoms with E-state index >= 15 is 0 Å². The van der Waals surface area contributed by atoms with Crippen LogP contribution in [0, 0.1) is 0 Å². The fourth-order valence-corrected chi connectivity index (χ4v) is 4.50. The molecule has 0 aliphatic carbocycles. The summed E-state index contributed by atoms with van der Waals surface area (Å²) < 4.78 is 1.12. The van der Waals surface area contributed by atoms with E-state index in [1.54, 1.807) is 0 Å². The van der Waals surface area contributed by atoms with Crippen LogP contribution >= 0.6 is 58.0 Å². The fraction of sp³-hybridized carbons (Fsp3) is 0.760. The Morgan fingerprint density at radius 2 is 0.781 bits per heavy atom. The third-order valence-electron chi connectivity index (χ3n) is 5.37. The Morgan fingerprint density at radius 3 is 1.09 bits per heavy atom. The molecule has 0 radical (unpaired) electrons. The number of quaternary nitrogens is 1. The summed E-state index contributed by atoms with van der Waals surface area (Å²) in [4.78, 5) is 0. The number of halogens is 5. The topological polar surface area (TPSA) is 20.2 Å². The van der Waals surface area contributed by atoms with Gasteiger partial charge in [-0.3, -0.25) is 0 Å². The van der Waals surface area contributed by atoms with E-state index < -0.39 is 0 Å². The first-order valence-corrected chi connectivity index (χ1v) is 13.9. The lowest BCUT2D eigenvalue weighted by atomic mass is 10.0. The number of unbranched alkanes of at least 4 members (excludes halogenated alkanes) is 13. The molecular weight excluding hydrogens is 508 g/mol. The molecule has 1 aromatic rings. The Hall–Kier alpha value is 0.430. The summed E-state index contributed by atoms with van der Waals surface area (Å²) in [6.07, 6.45) is 20.4.